The molecule has 0 aliphatic heterocycles. The van der Waals surface area contributed by atoms with Gasteiger partial charge in [-0.25, -0.2) is 9.78 Å². The highest BCUT2D eigenvalue weighted by Gasteiger charge is 2.07. The summed E-state index contributed by atoms with van der Waals surface area (Å²) < 4.78 is 4.96. The number of benzene rings is 1. The van der Waals surface area contributed by atoms with Gasteiger partial charge in [-0.15, -0.1) is 0 Å². The van der Waals surface area contributed by atoms with Crippen LogP contribution in [0.4, 0.5) is 10.7 Å². The van der Waals surface area contributed by atoms with Crippen molar-refractivity contribution in [2.45, 2.75) is 39.5 Å². The van der Waals surface area contributed by atoms with Crippen LogP contribution in [0.5, 0.6) is 0 Å². The van der Waals surface area contributed by atoms with E-state index < -0.39 is 6.09 Å². The molecule has 5 heteroatoms. The topological polar surface area (TPSA) is 67.0 Å². The van der Waals surface area contributed by atoms with Crippen LogP contribution in [0.1, 0.15) is 38.7 Å². The molecule has 0 bridgehead atoms. The maximum absolute atomic E-state index is 11.5. The Balaban J connectivity index is 2.06. The molecule has 0 unspecified atom stereocenters. The molecule has 20 heavy (non-hydrogen) atoms. The monoisotopic (exact) mass is 275 g/mol. The van der Waals surface area contributed by atoms with Crippen molar-refractivity contribution in [3.8, 4) is 0 Å². The maximum atomic E-state index is 11.5. The van der Waals surface area contributed by atoms with E-state index in [1.54, 1.807) is 0 Å². The Morgan fingerprint density at radius 3 is 2.95 bits per heavy atom. The standard InChI is InChI=1S/C15H21N3O2/c1-3-5-6-11-7-8-12-13(10-11)17-14(16-12)18-15(19)20-9-4-2/h7-8,10H,3-6,9H2,1-2H3,(H2,16,17,18,19). The second-order valence-electron chi connectivity index (χ2n) is 4.80. The zero-order valence-electron chi connectivity index (χ0n) is 12.0. The van der Waals surface area contributed by atoms with E-state index in [4.69, 9.17) is 4.74 Å². The van der Waals surface area contributed by atoms with Crippen LogP contribution in [0.2, 0.25) is 0 Å². The van der Waals surface area contributed by atoms with E-state index in [0.29, 0.717) is 12.6 Å². The quantitative estimate of drug-likeness (QED) is 0.841. The van der Waals surface area contributed by atoms with Gasteiger partial charge in [0.05, 0.1) is 17.6 Å². The number of unbranched alkanes of at least 4 members (excludes halogenated alkanes) is 1. The number of nitrogens with one attached hydrogen (secondary N) is 2. The summed E-state index contributed by atoms with van der Waals surface area (Å²) in [7, 11) is 0. The number of rotatable bonds is 6. The second-order valence-corrected chi connectivity index (χ2v) is 4.80. The molecule has 0 radical (unpaired) electrons. The van der Waals surface area contributed by atoms with E-state index in [9.17, 15) is 4.79 Å². The molecule has 1 aromatic carbocycles. The van der Waals surface area contributed by atoms with Crippen molar-refractivity contribution in [2.75, 3.05) is 11.9 Å². The van der Waals surface area contributed by atoms with Crippen LogP contribution in [0.15, 0.2) is 18.2 Å². The molecule has 2 rings (SSSR count). The third-order valence-corrected chi connectivity index (χ3v) is 3.02. The summed E-state index contributed by atoms with van der Waals surface area (Å²) in [4.78, 5) is 18.9. The number of aromatic nitrogens is 2. The van der Waals surface area contributed by atoms with Crippen LogP contribution in [-0.4, -0.2) is 22.7 Å². The first-order valence-corrected chi connectivity index (χ1v) is 7.15. The molecular formula is C15H21N3O2. The van der Waals surface area contributed by atoms with Crippen LogP contribution in [-0.2, 0) is 11.2 Å². The smallest absolute Gasteiger partial charge is 0.413 e. The predicted octanol–water partition coefficient (Wildman–Crippen LogP) is 3.86. The second kappa shape index (κ2) is 6.93. The van der Waals surface area contributed by atoms with Gasteiger partial charge in [0.1, 0.15) is 0 Å². The van der Waals surface area contributed by atoms with Crippen LogP contribution in [0, 0.1) is 0 Å². The highest BCUT2D eigenvalue weighted by atomic mass is 16.5. The fourth-order valence-corrected chi connectivity index (χ4v) is 1.98. The summed E-state index contributed by atoms with van der Waals surface area (Å²) in [5.74, 6) is 0.425. The molecule has 0 fully saturated rings. The highest BCUT2D eigenvalue weighted by Crippen LogP contribution is 2.17. The van der Waals surface area contributed by atoms with Crippen LogP contribution >= 0.6 is 0 Å². The average Bonchev–Trinajstić information content (AvgIpc) is 2.84. The van der Waals surface area contributed by atoms with Crippen LogP contribution in [0.25, 0.3) is 11.0 Å². The van der Waals surface area contributed by atoms with Gasteiger partial charge in [0.15, 0.2) is 0 Å². The van der Waals surface area contributed by atoms with Crippen molar-refractivity contribution in [1.82, 2.24) is 9.97 Å². The minimum absolute atomic E-state index is 0.410. The van der Waals surface area contributed by atoms with Crippen molar-refractivity contribution in [3.63, 3.8) is 0 Å². The van der Waals surface area contributed by atoms with Crippen LogP contribution in [0.3, 0.4) is 0 Å². The van der Waals surface area contributed by atoms with Crippen molar-refractivity contribution >= 4 is 23.1 Å². The molecule has 2 aromatic rings. The number of amides is 1. The normalized spacial score (nSPS) is 10.7. The van der Waals surface area contributed by atoms with Crippen molar-refractivity contribution in [3.05, 3.63) is 23.8 Å². The van der Waals surface area contributed by atoms with E-state index in [-0.39, 0.29) is 0 Å². The molecule has 108 valence electrons. The Labute approximate surface area is 118 Å². The molecule has 1 aromatic heterocycles. The van der Waals surface area contributed by atoms with Gasteiger partial charge in [-0.3, -0.25) is 5.32 Å². The zero-order chi connectivity index (χ0) is 14.4. The number of hydrogen-bond acceptors (Lipinski definition) is 3. The van der Waals surface area contributed by atoms with Gasteiger partial charge < -0.3 is 9.72 Å². The fourth-order valence-electron chi connectivity index (χ4n) is 1.98. The lowest BCUT2D eigenvalue weighted by Crippen LogP contribution is -2.14. The number of aryl methyl sites for hydroxylation is 1. The van der Waals surface area contributed by atoms with E-state index in [1.165, 1.54) is 18.4 Å². The van der Waals surface area contributed by atoms with Gasteiger partial charge in [-0.05, 0) is 37.0 Å². The third kappa shape index (κ3) is 3.73. The summed E-state index contributed by atoms with van der Waals surface area (Å²) in [5, 5.41) is 2.60. The number of anilines is 1. The largest absolute Gasteiger partial charge is 0.449 e. The molecule has 0 saturated heterocycles. The van der Waals surface area contributed by atoms with E-state index in [0.717, 1.165) is 23.9 Å². The lowest BCUT2D eigenvalue weighted by molar-refractivity contribution is 0.161. The Morgan fingerprint density at radius 2 is 2.20 bits per heavy atom. The number of ether oxygens (including phenoxy) is 1. The molecule has 2 N–H and O–H groups in total. The summed E-state index contributed by atoms with van der Waals surface area (Å²) in [6, 6.07) is 6.14. The van der Waals surface area contributed by atoms with E-state index in [1.807, 2.05) is 13.0 Å². The summed E-state index contributed by atoms with van der Waals surface area (Å²) in [6.45, 7) is 4.54. The summed E-state index contributed by atoms with van der Waals surface area (Å²) in [5.41, 5.74) is 3.06. The molecule has 0 aliphatic rings. The minimum Gasteiger partial charge on any atom is -0.449 e. The van der Waals surface area contributed by atoms with Gasteiger partial charge in [0.25, 0.3) is 0 Å². The number of aromatic amines is 1. The molecule has 0 spiro atoms. The molecule has 0 atom stereocenters. The summed E-state index contributed by atoms with van der Waals surface area (Å²) in [6.07, 6.45) is 3.74. The number of hydrogen-bond donors (Lipinski definition) is 2. The first kappa shape index (κ1) is 14.4. The van der Waals surface area contributed by atoms with E-state index in [2.05, 4.69) is 34.3 Å². The lowest BCUT2D eigenvalue weighted by atomic mass is 10.1. The molecular weight excluding hydrogens is 254 g/mol. The first-order chi connectivity index (χ1) is 9.72. The van der Waals surface area contributed by atoms with Crippen molar-refractivity contribution in [1.29, 1.82) is 0 Å². The number of carbonyl (C=O) groups excluding carboxylic acids is 1. The van der Waals surface area contributed by atoms with Gasteiger partial charge in [0.2, 0.25) is 5.95 Å². The Bertz CT molecular complexity index is 578. The van der Waals surface area contributed by atoms with E-state index >= 15 is 0 Å². The minimum atomic E-state index is -0.475. The zero-order valence-corrected chi connectivity index (χ0v) is 12.0. The van der Waals surface area contributed by atoms with Gasteiger partial charge in [-0.2, -0.15) is 0 Å². The molecule has 0 aliphatic carbocycles. The van der Waals surface area contributed by atoms with Gasteiger partial charge in [0, 0.05) is 0 Å². The number of H-pyrrole nitrogens is 1. The predicted molar refractivity (Wildman–Crippen MR) is 80.0 cm³/mol. The van der Waals surface area contributed by atoms with Crippen molar-refractivity contribution in [2.24, 2.45) is 0 Å². The summed E-state index contributed by atoms with van der Waals surface area (Å²) >= 11 is 0. The molecule has 1 amide bonds. The molecule has 0 saturated carbocycles. The Hall–Kier alpha value is -2.04. The SMILES string of the molecule is CCCCc1ccc2nc(NC(=O)OCCC)[nH]c2c1. The van der Waals surface area contributed by atoms with Crippen LogP contribution < -0.4 is 5.32 Å². The van der Waals surface area contributed by atoms with Gasteiger partial charge >= 0.3 is 6.09 Å². The molecule has 1 heterocycles. The Kier molecular flexibility index (Phi) is 4.98. The third-order valence-electron chi connectivity index (χ3n) is 3.02. The maximum Gasteiger partial charge on any atom is 0.413 e. The number of imidazole rings is 1. The Morgan fingerprint density at radius 1 is 1.35 bits per heavy atom. The molecule has 5 nitrogen and oxygen atoms in total. The first-order valence-electron chi connectivity index (χ1n) is 7.15. The fraction of sp³-hybridized carbons (Fsp3) is 0.467. The number of carbonyl (C=O) groups is 1. The number of nitrogens with zero attached hydrogens (tertiary/aromatic N) is 1. The average molecular weight is 275 g/mol. The number of fused-ring (bicyclic) bond motifs is 1. The van der Waals surface area contributed by atoms with Crippen molar-refractivity contribution < 1.29 is 9.53 Å². The highest BCUT2D eigenvalue weighted by molar-refractivity contribution is 5.86. The lowest BCUT2D eigenvalue weighted by Gasteiger charge is -2.02. The van der Waals surface area contributed by atoms with Gasteiger partial charge in [-0.1, -0.05) is 26.3 Å².